The minimum Gasteiger partial charge on any atom is -0.378 e. The smallest absolute Gasteiger partial charge is 0.246 e. The highest BCUT2D eigenvalue weighted by Gasteiger charge is 2.15. The Hall–Kier alpha value is -2.25. The van der Waals surface area contributed by atoms with Crippen molar-refractivity contribution in [3.05, 3.63) is 45.5 Å². The molecule has 0 radical (unpaired) electrons. The molecule has 1 amide bonds. The van der Waals surface area contributed by atoms with Gasteiger partial charge in [-0.3, -0.25) is 4.79 Å². The van der Waals surface area contributed by atoms with Gasteiger partial charge in [0.15, 0.2) is 5.13 Å². The first-order valence-corrected chi connectivity index (χ1v) is 10.0. The molecule has 1 aromatic heterocycles. The van der Waals surface area contributed by atoms with Crippen LogP contribution < -0.4 is 10.3 Å². The third-order valence-electron chi connectivity index (χ3n) is 4.74. The van der Waals surface area contributed by atoms with Crippen molar-refractivity contribution in [3.8, 4) is 0 Å². The largest absolute Gasteiger partial charge is 0.378 e. The highest BCUT2D eigenvalue weighted by molar-refractivity contribution is 7.13. The molecule has 7 heteroatoms. The van der Waals surface area contributed by atoms with Crippen molar-refractivity contribution >= 4 is 28.1 Å². The number of aryl methyl sites for hydroxylation is 3. The van der Waals surface area contributed by atoms with Crippen LogP contribution in [0.3, 0.4) is 0 Å². The number of ether oxygens (including phenoxy) is 1. The summed E-state index contributed by atoms with van der Waals surface area (Å²) in [6, 6.07) is 4.26. The number of rotatable bonds is 5. The number of anilines is 1. The van der Waals surface area contributed by atoms with Crippen molar-refractivity contribution in [1.29, 1.82) is 0 Å². The molecule has 1 aromatic carbocycles. The van der Waals surface area contributed by atoms with Crippen molar-refractivity contribution in [3.63, 3.8) is 0 Å². The summed E-state index contributed by atoms with van der Waals surface area (Å²) in [6.07, 6.45) is 0.226. The van der Waals surface area contributed by atoms with E-state index in [0.29, 0.717) is 0 Å². The van der Waals surface area contributed by atoms with Crippen LogP contribution in [0.4, 0.5) is 5.13 Å². The summed E-state index contributed by atoms with van der Waals surface area (Å²) < 4.78 is 5.36. The number of aromatic nitrogens is 1. The normalized spacial score (nSPS) is 15.1. The van der Waals surface area contributed by atoms with Crippen LogP contribution in [0.1, 0.15) is 34.9 Å². The maximum atomic E-state index is 12.3. The van der Waals surface area contributed by atoms with Crippen molar-refractivity contribution in [2.45, 2.75) is 34.1 Å². The number of hydrazone groups is 1. The van der Waals surface area contributed by atoms with Crippen LogP contribution in [0.5, 0.6) is 0 Å². The maximum absolute atomic E-state index is 12.3. The van der Waals surface area contributed by atoms with Gasteiger partial charge in [0, 0.05) is 24.0 Å². The topological polar surface area (TPSA) is 66.8 Å². The Morgan fingerprint density at radius 2 is 1.93 bits per heavy atom. The van der Waals surface area contributed by atoms with E-state index in [1.54, 1.807) is 11.3 Å². The van der Waals surface area contributed by atoms with Gasteiger partial charge in [0.2, 0.25) is 5.91 Å². The van der Waals surface area contributed by atoms with Crippen molar-refractivity contribution < 1.29 is 9.53 Å². The number of morpholine rings is 1. The molecule has 3 rings (SSSR count). The van der Waals surface area contributed by atoms with Crippen LogP contribution in [-0.4, -0.2) is 42.9 Å². The minimum absolute atomic E-state index is 0.158. The van der Waals surface area contributed by atoms with Gasteiger partial charge in [-0.1, -0.05) is 6.07 Å². The molecule has 1 aliphatic heterocycles. The molecule has 0 atom stereocenters. The third-order valence-corrected chi connectivity index (χ3v) is 5.69. The molecule has 0 spiro atoms. The van der Waals surface area contributed by atoms with Crippen LogP contribution >= 0.6 is 11.3 Å². The fourth-order valence-corrected chi connectivity index (χ4v) is 3.92. The Morgan fingerprint density at radius 1 is 1.22 bits per heavy atom. The van der Waals surface area contributed by atoms with E-state index in [9.17, 15) is 4.79 Å². The number of amides is 1. The number of carbonyl (C=O) groups excluding carboxylic acids is 1. The molecule has 1 fully saturated rings. The predicted octanol–water partition coefficient (Wildman–Crippen LogP) is 2.99. The van der Waals surface area contributed by atoms with E-state index >= 15 is 0 Å². The van der Waals surface area contributed by atoms with Gasteiger partial charge in [-0.05, 0) is 50.5 Å². The highest BCUT2D eigenvalue weighted by Crippen LogP contribution is 2.21. The summed E-state index contributed by atoms with van der Waals surface area (Å²) in [4.78, 5) is 19.0. The van der Waals surface area contributed by atoms with Gasteiger partial charge >= 0.3 is 0 Å². The molecule has 0 unspecified atom stereocenters. The number of nitrogens with one attached hydrogen (secondary N) is 1. The number of nitrogens with zero attached hydrogens (tertiary/aromatic N) is 3. The SMILES string of the molecule is C/C(=N/NC(=O)Cc1csc(N2CCOCC2)n1)c1cc(C)c(C)cc1C. The lowest BCUT2D eigenvalue weighted by Gasteiger charge is -2.26. The van der Waals surface area contributed by atoms with Gasteiger partial charge < -0.3 is 9.64 Å². The van der Waals surface area contributed by atoms with Crippen molar-refractivity contribution in [2.75, 3.05) is 31.2 Å². The number of hydrogen-bond donors (Lipinski definition) is 1. The molecule has 0 bridgehead atoms. The Labute approximate surface area is 164 Å². The molecule has 2 aromatic rings. The number of thiazole rings is 1. The molecule has 1 N–H and O–H groups in total. The lowest BCUT2D eigenvalue weighted by Crippen LogP contribution is -2.36. The van der Waals surface area contributed by atoms with Gasteiger partial charge in [0.05, 0.1) is 31.0 Å². The maximum Gasteiger partial charge on any atom is 0.246 e. The summed E-state index contributed by atoms with van der Waals surface area (Å²) in [7, 11) is 0. The zero-order valence-electron chi connectivity index (χ0n) is 16.3. The molecular weight excluding hydrogens is 360 g/mol. The Morgan fingerprint density at radius 3 is 2.67 bits per heavy atom. The van der Waals surface area contributed by atoms with Gasteiger partial charge in [0.25, 0.3) is 0 Å². The molecule has 0 saturated carbocycles. The molecule has 144 valence electrons. The number of carbonyl (C=O) groups is 1. The van der Waals surface area contributed by atoms with Crippen LogP contribution in [0.15, 0.2) is 22.6 Å². The van der Waals surface area contributed by atoms with Crippen molar-refractivity contribution in [2.24, 2.45) is 5.10 Å². The predicted molar refractivity (Wildman–Crippen MR) is 110 cm³/mol. The third kappa shape index (κ3) is 4.93. The van der Waals surface area contributed by atoms with Crippen LogP contribution in [0, 0.1) is 20.8 Å². The number of benzene rings is 1. The van der Waals surface area contributed by atoms with E-state index in [1.165, 1.54) is 11.1 Å². The van der Waals surface area contributed by atoms with Crippen LogP contribution in [0.2, 0.25) is 0 Å². The van der Waals surface area contributed by atoms with Gasteiger partial charge in [-0.15, -0.1) is 11.3 Å². The quantitative estimate of drug-likeness (QED) is 0.634. The van der Waals surface area contributed by atoms with E-state index < -0.39 is 0 Å². The summed E-state index contributed by atoms with van der Waals surface area (Å²) in [5.74, 6) is -0.158. The first kappa shape index (κ1) is 19.5. The Balaban J connectivity index is 1.60. The van der Waals surface area contributed by atoms with E-state index in [4.69, 9.17) is 4.74 Å². The summed E-state index contributed by atoms with van der Waals surface area (Å²) >= 11 is 1.57. The van der Waals surface area contributed by atoms with Gasteiger partial charge in [-0.2, -0.15) is 5.10 Å². The standard InChI is InChI=1S/C20H26N4O2S/c1-13-9-15(3)18(10-14(13)2)16(4)22-23-19(25)11-17-12-27-20(21-17)24-5-7-26-8-6-24/h9-10,12H,5-8,11H2,1-4H3,(H,23,25)/b22-16-. The zero-order valence-corrected chi connectivity index (χ0v) is 17.2. The highest BCUT2D eigenvalue weighted by atomic mass is 32.1. The molecule has 0 aliphatic carbocycles. The van der Waals surface area contributed by atoms with E-state index in [0.717, 1.165) is 54.0 Å². The zero-order chi connectivity index (χ0) is 19.4. The molecule has 2 heterocycles. The average Bonchev–Trinajstić information content (AvgIpc) is 3.12. The second-order valence-electron chi connectivity index (χ2n) is 6.88. The Bertz CT molecular complexity index is 854. The number of hydrogen-bond acceptors (Lipinski definition) is 6. The second kappa shape index (κ2) is 8.63. The van der Waals surface area contributed by atoms with Crippen LogP contribution in [-0.2, 0) is 16.0 Å². The molecule has 1 saturated heterocycles. The molecular formula is C20H26N4O2S. The van der Waals surface area contributed by atoms with E-state index in [-0.39, 0.29) is 12.3 Å². The van der Waals surface area contributed by atoms with Crippen molar-refractivity contribution in [1.82, 2.24) is 10.4 Å². The fourth-order valence-electron chi connectivity index (χ4n) is 3.04. The second-order valence-corrected chi connectivity index (χ2v) is 7.72. The molecule has 1 aliphatic rings. The monoisotopic (exact) mass is 386 g/mol. The summed E-state index contributed by atoms with van der Waals surface area (Å²) in [6.45, 7) is 11.3. The lowest BCUT2D eigenvalue weighted by atomic mass is 9.98. The van der Waals surface area contributed by atoms with E-state index in [2.05, 4.69) is 53.3 Å². The summed E-state index contributed by atoms with van der Waals surface area (Å²) in [5, 5.41) is 7.17. The van der Waals surface area contributed by atoms with Gasteiger partial charge in [-0.25, -0.2) is 10.4 Å². The summed E-state index contributed by atoms with van der Waals surface area (Å²) in [5.41, 5.74) is 8.92. The first-order chi connectivity index (χ1) is 12.9. The van der Waals surface area contributed by atoms with Crippen LogP contribution in [0.25, 0.3) is 0 Å². The average molecular weight is 387 g/mol. The first-order valence-electron chi connectivity index (χ1n) is 9.12. The Kier molecular flexibility index (Phi) is 6.23. The molecule has 27 heavy (non-hydrogen) atoms. The lowest BCUT2D eigenvalue weighted by molar-refractivity contribution is -0.120. The minimum atomic E-state index is -0.158. The van der Waals surface area contributed by atoms with E-state index in [1.807, 2.05) is 12.3 Å². The fraction of sp³-hybridized carbons (Fsp3) is 0.450. The molecule has 6 nitrogen and oxygen atoms in total. The van der Waals surface area contributed by atoms with Gasteiger partial charge in [0.1, 0.15) is 0 Å².